The summed E-state index contributed by atoms with van der Waals surface area (Å²) in [6.45, 7) is 6.87. The number of pyridine rings is 1. The summed E-state index contributed by atoms with van der Waals surface area (Å²) in [5.41, 5.74) is 1.09. The van der Waals surface area contributed by atoms with Crippen LogP contribution in [0.3, 0.4) is 0 Å². The number of likely N-dealkylation sites (tertiary alicyclic amines) is 1. The summed E-state index contributed by atoms with van der Waals surface area (Å²) >= 11 is 0. The van der Waals surface area contributed by atoms with Gasteiger partial charge in [-0.25, -0.2) is 4.79 Å². The summed E-state index contributed by atoms with van der Waals surface area (Å²) in [4.78, 5) is 17.8. The molecule has 1 aromatic heterocycles. The predicted molar refractivity (Wildman–Crippen MR) is 74.1 cm³/mol. The van der Waals surface area contributed by atoms with Gasteiger partial charge in [-0.3, -0.25) is 4.98 Å². The normalized spacial score (nSPS) is 18.7. The van der Waals surface area contributed by atoms with Crippen LogP contribution in [0.1, 0.15) is 44.2 Å². The molecule has 0 radical (unpaired) electrons. The lowest BCUT2D eigenvalue weighted by Gasteiger charge is -2.24. The third-order valence-corrected chi connectivity index (χ3v) is 3.20. The first kappa shape index (κ1) is 14.3. The van der Waals surface area contributed by atoms with Crippen molar-refractivity contribution in [2.75, 3.05) is 13.1 Å². The summed E-state index contributed by atoms with van der Waals surface area (Å²) in [5, 5.41) is 8.90. The van der Waals surface area contributed by atoms with Gasteiger partial charge < -0.3 is 9.64 Å². The van der Waals surface area contributed by atoms with E-state index in [2.05, 4.69) is 11.1 Å². The maximum atomic E-state index is 12.0. The molecule has 0 aliphatic carbocycles. The topological polar surface area (TPSA) is 66.2 Å². The third kappa shape index (κ3) is 3.47. The fraction of sp³-hybridized carbons (Fsp3) is 0.533. The van der Waals surface area contributed by atoms with Gasteiger partial charge in [-0.15, -0.1) is 0 Å². The Morgan fingerprint density at radius 1 is 1.50 bits per heavy atom. The van der Waals surface area contributed by atoms with Crippen LogP contribution in [0, 0.1) is 11.3 Å². The Hall–Kier alpha value is -2.09. The Morgan fingerprint density at radius 2 is 2.25 bits per heavy atom. The highest BCUT2D eigenvalue weighted by Gasteiger charge is 2.30. The molecule has 1 fully saturated rings. The molecule has 1 unspecified atom stereocenters. The Labute approximate surface area is 119 Å². The summed E-state index contributed by atoms with van der Waals surface area (Å²) in [5.74, 6) is 0.225. The number of hydrogen-bond donors (Lipinski definition) is 0. The van der Waals surface area contributed by atoms with E-state index in [1.807, 2.05) is 26.8 Å². The van der Waals surface area contributed by atoms with Crippen molar-refractivity contribution in [3.05, 3.63) is 29.6 Å². The van der Waals surface area contributed by atoms with Crippen molar-refractivity contribution in [3.63, 3.8) is 0 Å². The van der Waals surface area contributed by atoms with Gasteiger partial charge in [0.05, 0.1) is 5.56 Å². The minimum Gasteiger partial charge on any atom is -0.444 e. The quantitative estimate of drug-likeness (QED) is 0.789. The molecule has 5 heteroatoms. The van der Waals surface area contributed by atoms with Gasteiger partial charge in [-0.1, -0.05) is 0 Å². The molecule has 0 aromatic carbocycles. The molecule has 1 atom stereocenters. The Morgan fingerprint density at radius 3 is 2.90 bits per heavy atom. The van der Waals surface area contributed by atoms with Crippen LogP contribution in [-0.4, -0.2) is 34.7 Å². The van der Waals surface area contributed by atoms with Crippen LogP contribution >= 0.6 is 0 Å². The lowest BCUT2D eigenvalue weighted by Crippen LogP contribution is -2.35. The summed E-state index contributed by atoms with van der Waals surface area (Å²) in [6.07, 6.45) is 3.91. The number of ether oxygens (including phenoxy) is 1. The van der Waals surface area contributed by atoms with Crippen molar-refractivity contribution < 1.29 is 9.53 Å². The van der Waals surface area contributed by atoms with Gasteiger partial charge in [0.15, 0.2) is 0 Å². The molecule has 1 aromatic rings. The van der Waals surface area contributed by atoms with E-state index in [0.717, 1.165) is 12.0 Å². The first-order valence-electron chi connectivity index (χ1n) is 6.72. The summed E-state index contributed by atoms with van der Waals surface area (Å²) < 4.78 is 5.37. The molecular weight excluding hydrogens is 254 g/mol. The molecule has 0 N–H and O–H groups in total. The average molecular weight is 273 g/mol. The molecule has 0 saturated carbocycles. The first-order chi connectivity index (χ1) is 9.39. The van der Waals surface area contributed by atoms with E-state index in [0.29, 0.717) is 18.7 Å². The number of nitrogens with zero attached hydrogens (tertiary/aromatic N) is 3. The van der Waals surface area contributed by atoms with E-state index in [-0.39, 0.29) is 12.0 Å². The maximum Gasteiger partial charge on any atom is 0.410 e. The standard InChI is InChI=1S/C15H19N3O2/c1-15(2,3)20-14(19)18-5-4-12(10-18)13-6-11(7-16)8-17-9-13/h6,8-9,12H,4-5,10H2,1-3H3. The molecule has 2 heterocycles. The van der Waals surface area contributed by atoms with Gasteiger partial charge in [0.2, 0.25) is 0 Å². The van der Waals surface area contributed by atoms with Crippen molar-refractivity contribution in [3.8, 4) is 6.07 Å². The molecule has 106 valence electrons. The van der Waals surface area contributed by atoms with Crippen LogP contribution in [0.4, 0.5) is 4.79 Å². The van der Waals surface area contributed by atoms with Crippen LogP contribution in [0.2, 0.25) is 0 Å². The number of amides is 1. The minimum atomic E-state index is -0.475. The Bertz CT molecular complexity index is 543. The zero-order chi connectivity index (χ0) is 14.8. The molecule has 1 saturated heterocycles. The number of hydrogen-bond acceptors (Lipinski definition) is 4. The highest BCUT2D eigenvalue weighted by atomic mass is 16.6. The van der Waals surface area contributed by atoms with Crippen LogP contribution < -0.4 is 0 Å². The third-order valence-electron chi connectivity index (χ3n) is 3.20. The van der Waals surface area contributed by atoms with Gasteiger partial charge in [0.25, 0.3) is 0 Å². The maximum absolute atomic E-state index is 12.0. The first-order valence-corrected chi connectivity index (χ1v) is 6.72. The summed E-state index contributed by atoms with van der Waals surface area (Å²) in [7, 11) is 0. The van der Waals surface area contributed by atoms with Crippen molar-refractivity contribution >= 4 is 6.09 Å². The van der Waals surface area contributed by atoms with Gasteiger partial charge in [-0.05, 0) is 38.8 Å². The zero-order valence-corrected chi connectivity index (χ0v) is 12.1. The number of carbonyl (C=O) groups is 1. The van der Waals surface area contributed by atoms with Gasteiger partial charge in [-0.2, -0.15) is 5.26 Å². The highest BCUT2D eigenvalue weighted by Crippen LogP contribution is 2.28. The van der Waals surface area contributed by atoms with Crippen LogP contribution in [-0.2, 0) is 4.74 Å². The number of rotatable bonds is 1. The SMILES string of the molecule is CC(C)(C)OC(=O)N1CCC(c2cncc(C#N)c2)C1. The molecule has 20 heavy (non-hydrogen) atoms. The zero-order valence-electron chi connectivity index (χ0n) is 12.1. The van der Waals surface area contributed by atoms with E-state index in [1.54, 1.807) is 17.3 Å². The van der Waals surface area contributed by atoms with E-state index in [9.17, 15) is 4.79 Å². The highest BCUT2D eigenvalue weighted by molar-refractivity contribution is 5.68. The molecule has 0 spiro atoms. The van der Waals surface area contributed by atoms with E-state index in [4.69, 9.17) is 10.00 Å². The molecule has 2 rings (SSSR count). The Balaban J connectivity index is 2.02. The van der Waals surface area contributed by atoms with Crippen LogP contribution in [0.25, 0.3) is 0 Å². The van der Waals surface area contributed by atoms with Gasteiger partial charge >= 0.3 is 6.09 Å². The van der Waals surface area contributed by atoms with Gasteiger partial charge in [0.1, 0.15) is 11.7 Å². The number of nitriles is 1. The van der Waals surface area contributed by atoms with E-state index >= 15 is 0 Å². The van der Waals surface area contributed by atoms with Crippen molar-refractivity contribution in [1.29, 1.82) is 5.26 Å². The van der Waals surface area contributed by atoms with E-state index < -0.39 is 5.60 Å². The van der Waals surface area contributed by atoms with Gasteiger partial charge in [0, 0.05) is 31.4 Å². The fourth-order valence-corrected chi connectivity index (χ4v) is 2.27. The lowest BCUT2D eigenvalue weighted by molar-refractivity contribution is 0.0292. The predicted octanol–water partition coefficient (Wildman–Crippen LogP) is 2.68. The number of aromatic nitrogens is 1. The lowest BCUT2D eigenvalue weighted by atomic mass is 9.99. The molecule has 1 aliphatic heterocycles. The second kappa shape index (κ2) is 5.49. The summed E-state index contributed by atoms with van der Waals surface area (Å²) in [6, 6.07) is 3.93. The molecule has 5 nitrogen and oxygen atoms in total. The van der Waals surface area contributed by atoms with Crippen molar-refractivity contribution in [1.82, 2.24) is 9.88 Å². The number of carbonyl (C=O) groups excluding carboxylic acids is 1. The van der Waals surface area contributed by atoms with Crippen molar-refractivity contribution in [2.45, 2.75) is 38.7 Å². The fourth-order valence-electron chi connectivity index (χ4n) is 2.27. The molecule has 1 aliphatic rings. The van der Waals surface area contributed by atoms with E-state index in [1.165, 1.54) is 0 Å². The molecule has 0 bridgehead atoms. The van der Waals surface area contributed by atoms with Crippen LogP contribution in [0.15, 0.2) is 18.5 Å². The Kier molecular flexibility index (Phi) is 3.93. The monoisotopic (exact) mass is 273 g/mol. The largest absolute Gasteiger partial charge is 0.444 e. The molecular formula is C15H19N3O2. The minimum absolute atomic E-state index is 0.225. The second-order valence-electron chi connectivity index (χ2n) is 6.03. The smallest absolute Gasteiger partial charge is 0.410 e. The second-order valence-corrected chi connectivity index (χ2v) is 6.03. The molecule has 1 amide bonds. The van der Waals surface area contributed by atoms with Crippen molar-refractivity contribution in [2.24, 2.45) is 0 Å². The van der Waals surface area contributed by atoms with Crippen LogP contribution in [0.5, 0.6) is 0 Å². The average Bonchev–Trinajstić information content (AvgIpc) is 2.86.